The van der Waals surface area contributed by atoms with Gasteiger partial charge in [-0.3, -0.25) is 4.79 Å². The predicted molar refractivity (Wildman–Crippen MR) is 125 cm³/mol. The number of para-hydroxylation sites is 1. The molecule has 0 saturated heterocycles. The van der Waals surface area contributed by atoms with Crippen LogP contribution in [0.25, 0.3) is 0 Å². The second-order valence-electron chi connectivity index (χ2n) is 7.68. The van der Waals surface area contributed by atoms with Crippen molar-refractivity contribution in [3.63, 3.8) is 0 Å². The number of carbonyl (C=O) groups excluding carboxylic acids is 1. The molecule has 162 valence electrons. The summed E-state index contributed by atoms with van der Waals surface area (Å²) in [6.45, 7) is 2.74. The van der Waals surface area contributed by atoms with Gasteiger partial charge in [0, 0.05) is 12.0 Å². The molecule has 0 unspecified atom stereocenters. The van der Waals surface area contributed by atoms with Gasteiger partial charge in [0.15, 0.2) is 0 Å². The van der Waals surface area contributed by atoms with Gasteiger partial charge in [0.05, 0.1) is 6.21 Å². The van der Waals surface area contributed by atoms with E-state index in [1.807, 2.05) is 54.6 Å². The predicted octanol–water partition coefficient (Wildman–Crippen LogP) is 6.64. The fraction of sp³-hybridized carbons (Fsp3) is 0.462. The Kier molecular flexibility index (Phi) is 12.0. The van der Waals surface area contributed by atoms with E-state index in [-0.39, 0.29) is 5.91 Å². The van der Waals surface area contributed by atoms with Crippen LogP contribution in [-0.4, -0.2) is 12.1 Å². The van der Waals surface area contributed by atoms with Crippen LogP contribution in [0.1, 0.15) is 82.3 Å². The van der Waals surface area contributed by atoms with Crippen molar-refractivity contribution in [2.24, 2.45) is 5.10 Å². The number of amides is 1. The Labute approximate surface area is 181 Å². The highest BCUT2D eigenvalue weighted by Crippen LogP contribution is 2.17. The standard InChI is InChI=1S/C26H36N2O2/c1-2-3-4-5-6-7-8-9-13-20-26(29)28-27-21-24-18-14-15-19-25(24)30-22-23-16-11-10-12-17-23/h10-12,14-19,21H,2-9,13,20,22H2,1H3,(H,28,29)/b27-21-. The lowest BCUT2D eigenvalue weighted by atomic mass is 10.1. The maximum atomic E-state index is 12.0. The first-order chi connectivity index (χ1) is 14.8. The zero-order valence-electron chi connectivity index (χ0n) is 18.3. The summed E-state index contributed by atoms with van der Waals surface area (Å²) in [5.41, 5.74) is 4.59. The van der Waals surface area contributed by atoms with Gasteiger partial charge in [-0.1, -0.05) is 101 Å². The van der Waals surface area contributed by atoms with Crippen LogP contribution in [0.2, 0.25) is 0 Å². The third-order valence-electron chi connectivity index (χ3n) is 5.06. The summed E-state index contributed by atoms with van der Waals surface area (Å²) < 4.78 is 5.91. The van der Waals surface area contributed by atoms with E-state index in [1.54, 1.807) is 6.21 Å². The molecule has 2 aromatic carbocycles. The molecule has 0 aliphatic carbocycles. The monoisotopic (exact) mass is 408 g/mol. The minimum Gasteiger partial charge on any atom is -0.488 e. The first-order valence-corrected chi connectivity index (χ1v) is 11.4. The third-order valence-corrected chi connectivity index (χ3v) is 5.06. The minimum absolute atomic E-state index is 0.0307. The van der Waals surface area contributed by atoms with Gasteiger partial charge in [0.1, 0.15) is 12.4 Å². The summed E-state index contributed by atoms with van der Waals surface area (Å²) in [4.78, 5) is 12.0. The number of benzene rings is 2. The fourth-order valence-electron chi connectivity index (χ4n) is 3.28. The zero-order valence-corrected chi connectivity index (χ0v) is 18.3. The Bertz CT molecular complexity index is 744. The van der Waals surface area contributed by atoms with Gasteiger partial charge in [-0.2, -0.15) is 5.10 Å². The van der Waals surface area contributed by atoms with Gasteiger partial charge in [0.2, 0.25) is 5.91 Å². The summed E-state index contributed by atoms with van der Waals surface area (Å²) >= 11 is 0. The normalized spacial score (nSPS) is 11.0. The number of nitrogens with zero attached hydrogens (tertiary/aromatic N) is 1. The number of unbranched alkanes of at least 4 members (excludes halogenated alkanes) is 8. The maximum absolute atomic E-state index is 12.0. The zero-order chi connectivity index (χ0) is 21.3. The van der Waals surface area contributed by atoms with Crippen LogP contribution in [0.15, 0.2) is 59.7 Å². The molecule has 1 amide bonds. The van der Waals surface area contributed by atoms with Gasteiger partial charge in [0.25, 0.3) is 0 Å². The molecule has 0 radical (unpaired) electrons. The largest absolute Gasteiger partial charge is 0.488 e. The first kappa shape index (κ1) is 23.7. The number of hydrogen-bond acceptors (Lipinski definition) is 3. The average molecular weight is 409 g/mol. The van der Waals surface area contributed by atoms with Crippen LogP contribution in [-0.2, 0) is 11.4 Å². The van der Waals surface area contributed by atoms with Crippen LogP contribution in [0, 0.1) is 0 Å². The molecule has 30 heavy (non-hydrogen) atoms. The Morgan fingerprint density at radius 1 is 0.867 bits per heavy atom. The molecule has 0 atom stereocenters. The molecule has 1 N–H and O–H groups in total. The molecule has 0 fully saturated rings. The number of carbonyl (C=O) groups is 1. The third kappa shape index (κ3) is 10.2. The molecule has 2 rings (SSSR count). The van der Waals surface area contributed by atoms with E-state index >= 15 is 0 Å². The lowest BCUT2D eigenvalue weighted by Crippen LogP contribution is -2.17. The molecule has 4 heteroatoms. The molecule has 0 aliphatic heterocycles. The lowest BCUT2D eigenvalue weighted by molar-refractivity contribution is -0.121. The van der Waals surface area contributed by atoms with Crippen molar-refractivity contribution in [2.75, 3.05) is 0 Å². The summed E-state index contributed by atoms with van der Waals surface area (Å²) in [6, 6.07) is 17.7. The summed E-state index contributed by atoms with van der Waals surface area (Å²) in [5.74, 6) is 0.718. The number of rotatable bonds is 15. The van der Waals surface area contributed by atoms with E-state index in [1.165, 1.54) is 44.9 Å². The molecule has 0 bridgehead atoms. The van der Waals surface area contributed by atoms with E-state index in [9.17, 15) is 4.79 Å². The minimum atomic E-state index is -0.0307. The smallest absolute Gasteiger partial charge is 0.240 e. The van der Waals surface area contributed by atoms with E-state index in [4.69, 9.17) is 4.74 Å². The number of ether oxygens (including phenoxy) is 1. The van der Waals surface area contributed by atoms with Crippen LogP contribution in [0.5, 0.6) is 5.75 Å². The van der Waals surface area contributed by atoms with Crippen molar-refractivity contribution in [1.82, 2.24) is 5.43 Å². The van der Waals surface area contributed by atoms with Crippen LogP contribution in [0.4, 0.5) is 0 Å². The van der Waals surface area contributed by atoms with Crippen molar-refractivity contribution in [1.29, 1.82) is 0 Å². The molecular weight excluding hydrogens is 372 g/mol. The second-order valence-corrected chi connectivity index (χ2v) is 7.68. The molecule has 0 saturated carbocycles. The highest BCUT2D eigenvalue weighted by atomic mass is 16.5. The van der Waals surface area contributed by atoms with Crippen molar-refractivity contribution >= 4 is 12.1 Å². The average Bonchev–Trinajstić information content (AvgIpc) is 2.78. The molecule has 0 aromatic heterocycles. The van der Waals surface area contributed by atoms with Gasteiger partial charge in [-0.15, -0.1) is 0 Å². The Morgan fingerprint density at radius 2 is 1.50 bits per heavy atom. The molecule has 4 nitrogen and oxygen atoms in total. The van der Waals surface area contributed by atoms with E-state index < -0.39 is 0 Å². The molecule has 2 aromatic rings. The maximum Gasteiger partial charge on any atom is 0.240 e. The second kappa shape index (κ2) is 15.3. The lowest BCUT2D eigenvalue weighted by Gasteiger charge is -2.09. The Morgan fingerprint density at radius 3 is 2.23 bits per heavy atom. The van der Waals surface area contributed by atoms with Crippen molar-refractivity contribution < 1.29 is 9.53 Å². The molecule has 0 heterocycles. The number of hydrazone groups is 1. The summed E-state index contributed by atoms with van der Waals surface area (Å²) in [5, 5.41) is 4.11. The van der Waals surface area contributed by atoms with Crippen LogP contribution < -0.4 is 10.2 Å². The van der Waals surface area contributed by atoms with Crippen molar-refractivity contribution in [3.05, 3.63) is 65.7 Å². The fourth-order valence-corrected chi connectivity index (χ4v) is 3.28. The SMILES string of the molecule is CCCCCCCCCCCC(=O)N/N=C\c1ccccc1OCc1ccccc1. The topological polar surface area (TPSA) is 50.7 Å². The quantitative estimate of drug-likeness (QED) is 0.204. The van der Waals surface area contributed by atoms with Gasteiger partial charge in [-0.05, 0) is 24.1 Å². The van der Waals surface area contributed by atoms with Gasteiger partial charge >= 0.3 is 0 Å². The highest BCUT2D eigenvalue weighted by Gasteiger charge is 2.03. The van der Waals surface area contributed by atoms with E-state index in [0.29, 0.717) is 13.0 Å². The summed E-state index contributed by atoms with van der Waals surface area (Å²) in [7, 11) is 0. The van der Waals surface area contributed by atoms with Crippen molar-refractivity contribution in [2.45, 2.75) is 77.7 Å². The van der Waals surface area contributed by atoms with Gasteiger partial charge < -0.3 is 4.74 Å². The highest BCUT2D eigenvalue weighted by molar-refractivity contribution is 5.85. The Balaban J connectivity index is 1.63. The number of nitrogens with one attached hydrogen (secondary N) is 1. The van der Waals surface area contributed by atoms with Crippen LogP contribution >= 0.6 is 0 Å². The molecular formula is C26H36N2O2. The molecule has 0 aliphatic rings. The number of hydrogen-bond donors (Lipinski definition) is 1. The molecule has 0 spiro atoms. The summed E-state index contributed by atoms with van der Waals surface area (Å²) in [6.07, 6.45) is 13.4. The Hall–Kier alpha value is -2.62. The van der Waals surface area contributed by atoms with E-state index in [2.05, 4.69) is 17.5 Å². The first-order valence-electron chi connectivity index (χ1n) is 11.4. The van der Waals surface area contributed by atoms with Crippen molar-refractivity contribution in [3.8, 4) is 5.75 Å². The van der Waals surface area contributed by atoms with Crippen LogP contribution in [0.3, 0.4) is 0 Å². The van der Waals surface area contributed by atoms with Gasteiger partial charge in [-0.25, -0.2) is 5.43 Å². The van der Waals surface area contributed by atoms with E-state index in [0.717, 1.165) is 29.7 Å².